The van der Waals surface area contributed by atoms with Gasteiger partial charge in [0, 0.05) is 13.1 Å². The largest absolute Gasteiger partial charge is 0.369 e. The van der Waals surface area contributed by atoms with Gasteiger partial charge in [-0.25, -0.2) is 0 Å². The summed E-state index contributed by atoms with van der Waals surface area (Å²) in [5, 5.41) is 0. The van der Waals surface area contributed by atoms with Crippen LogP contribution in [0.2, 0.25) is 0 Å². The molecule has 0 spiro atoms. The fourth-order valence-corrected chi connectivity index (χ4v) is 2.53. The molecule has 2 atom stereocenters. The van der Waals surface area contributed by atoms with Crippen molar-refractivity contribution in [2.45, 2.75) is 32.5 Å². The summed E-state index contributed by atoms with van der Waals surface area (Å²) in [5.74, 6) is -0.633. The Morgan fingerprint density at radius 3 is 2.76 bits per heavy atom. The molecule has 1 fully saturated rings. The number of ether oxygens (including phenoxy) is 1. The van der Waals surface area contributed by atoms with E-state index in [1.165, 1.54) is 0 Å². The van der Waals surface area contributed by atoms with Gasteiger partial charge in [0.05, 0.1) is 12.5 Å². The van der Waals surface area contributed by atoms with Crippen LogP contribution < -0.4 is 5.73 Å². The van der Waals surface area contributed by atoms with E-state index >= 15 is 0 Å². The van der Waals surface area contributed by atoms with Crippen molar-refractivity contribution >= 4 is 11.8 Å². The van der Waals surface area contributed by atoms with Crippen LogP contribution >= 0.6 is 0 Å². The third kappa shape index (κ3) is 4.29. The number of nitrogens with zero attached hydrogens (tertiary/aromatic N) is 1. The van der Waals surface area contributed by atoms with E-state index in [0.29, 0.717) is 19.7 Å². The Labute approximate surface area is 125 Å². The van der Waals surface area contributed by atoms with E-state index in [9.17, 15) is 9.59 Å². The molecule has 0 bridgehead atoms. The molecule has 1 aromatic rings. The molecule has 2 N–H and O–H groups in total. The molecule has 1 saturated heterocycles. The summed E-state index contributed by atoms with van der Waals surface area (Å²) >= 11 is 0. The first-order valence-corrected chi connectivity index (χ1v) is 7.31. The lowest BCUT2D eigenvalue weighted by molar-refractivity contribution is -0.146. The van der Waals surface area contributed by atoms with E-state index < -0.39 is 6.10 Å². The summed E-state index contributed by atoms with van der Waals surface area (Å²) < 4.78 is 5.63. The summed E-state index contributed by atoms with van der Waals surface area (Å²) in [6, 6.07) is 9.73. The number of carbonyl (C=O) groups is 2. The van der Waals surface area contributed by atoms with Gasteiger partial charge in [0.2, 0.25) is 5.91 Å². The first-order chi connectivity index (χ1) is 10.1. The Hall–Kier alpha value is -1.88. The van der Waals surface area contributed by atoms with Crippen molar-refractivity contribution in [2.75, 3.05) is 13.1 Å². The van der Waals surface area contributed by atoms with Gasteiger partial charge in [-0.1, -0.05) is 30.3 Å². The van der Waals surface area contributed by atoms with Crippen LogP contribution in [-0.2, 0) is 20.9 Å². The van der Waals surface area contributed by atoms with Crippen LogP contribution in [0.1, 0.15) is 25.3 Å². The second-order valence-electron chi connectivity index (χ2n) is 5.46. The van der Waals surface area contributed by atoms with Gasteiger partial charge in [-0.05, 0) is 25.3 Å². The quantitative estimate of drug-likeness (QED) is 0.888. The molecule has 1 aromatic carbocycles. The maximum Gasteiger partial charge on any atom is 0.251 e. The molecule has 1 aliphatic heterocycles. The highest BCUT2D eigenvalue weighted by Gasteiger charge is 2.29. The lowest BCUT2D eigenvalue weighted by Crippen LogP contribution is -2.47. The highest BCUT2D eigenvalue weighted by molar-refractivity contribution is 5.82. The third-order valence-corrected chi connectivity index (χ3v) is 3.83. The molecule has 0 unspecified atom stereocenters. The van der Waals surface area contributed by atoms with E-state index in [0.717, 1.165) is 18.4 Å². The average molecular weight is 290 g/mol. The maximum absolute atomic E-state index is 12.3. The zero-order chi connectivity index (χ0) is 15.2. The van der Waals surface area contributed by atoms with Gasteiger partial charge in [-0.2, -0.15) is 0 Å². The summed E-state index contributed by atoms with van der Waals surface area (Å²) in [5.41, 5.74) is 6.37. The number of carbonyl (C=O) groups excluding carboxylic acids is 2. The maximum atomic E-state index is 12.3. The van der Waals surface area contributed by atoms with E-state index in [-0.39, 0.29) is 17.7 Å². The summed E-state index contributed by atoms with van der Waals surface area (Å²) in [6.45, 7) is 3.23. The molecule has 2 amide bonds. The van der Waals surface area contributed by atoms with E-state index in [1.54, 1.807) is 11.8 Å². The zero-order valence-electron chi connectivity index (χ0n) is 12.3. The number of hydrogen-bond donors (Lipinski definition) is 1. The zero-order valence-corrected chi connectivity index (χ0v) is 12.3. The number of benzene rings is 1. The second kappa shape index (κ2) is 7.22. The van der Waals surface area contributed by atoms with Gasteiger partial charge < -0.3 is 15.4 Å². The van der Waals surface area contributed by atoms with Crippen molar-refractivity contribution < 1.29 is 14.3 Å². The lowest BCUT2D eigenvalue weighted by atomic mass is 9.97. The minimum absolute atomic E-state index is 0.0723. The van der Waals surface area contributed by atoms with Gasteiger partial charge in [-0.15, -0.1) is 0 Å². The highest BCUT2D eigenvalue weighted by Crippen LogP contribution is 2.17. The lowest BCUT2D eigenvalue weighted by Gasteiger charge is -2.32. The standard InChI is InChI=1S/C16H22N2O3/c1-12(21-11-13-6-3-2-4-7-13)16(20)18-9-5-8-14(10-18)15(17)19/h2-4,6-7,12,14H,5,8-11H2,1H3,(H2,17,19)/t12-,14+/m0/s1. The molecule has 0 saturated carbocycles. The van der Waals surface area contributed by atoms with Crippen molar-refractivity contribution in [3.63, 3.8) is 0 Å². The Kier molecular flexibility index (Phi) is 5.33. The Bertz CT molecular complexity index is 490. The van der Waals surface area contributed by atoms with Crippen molar-refractivity contribution in [1.82, 2.24) is 4.90 Å². The molecule has 5 nitrogen and oxygen atoms in total. The average Bonchev–Trinajstić information content (AvgIpc) is 2.53. The molecule has 0 aliphatic carbocycles. The molecule has 1 heterocycles. The van der Waals surface area contributed by atoms with Crippen LogP contribution in [0.4, 0.5) is 0 Å². The van der Waals surface area contributed by atoms with E-state index in [1.807, 2.05) is 30.3 Å². The fourth-order valence-electron chi connectivity index (χ4n) is 2.53. The molecule has 21 heavy (non-hydrogen) atoms. The van der Waals surface area contributed by atoms with Crippen molar-refractivity contribution in [3.8, 4) is 0 Å². The van der Waals surface area contributed by atoms with Gasteiger partial charge in [-0.3, -0.25) is 9.59 Å². The van der Waals surface area contributed by atoms with Gasteiger partial charge in [0.25, 0.3) is 5.91 Å². The van der Waals surface area contributed by atoms with Crippen molar-refractivity contribution in [1.29, 1.82) is 0 Å². The minimum atomic E-state index is -0.517. The predicted molar refractivity (Wildman–Crippen MR) is 79.2 cm³/mol. The van der Waals surface area contributed by atoms with Crippen molar-refractivity contribution in [3.05, 3.63) is 35.9 Å². The molecule has 2 rings (SSSR count). The first-order valence-electron chi connectivity index (χ1n) is 7.31. The van der Waals surface area contributed by atoms with Gasteiger partial charge >= 0.3 is 0 Å². The summed E-state index contributed by atoms with van der Waals surface area (Å²) in [7, 11) is 0. The molecule has 114 valence electrons. The number of likely N-dealkylation sites (tertiary alicyclic amines) is 1. The van der Waals surface area contributed by atoms with Gasteiger partial charge in [0.15, 0.2) is 0 Å². The number of primary amides is 1. The van der Waals surface area contributed by atoms with Gasteiger partial charge in [0.1, 0.15) is 6.10 Å². The molecule has 0 aromatic heterocycles. The number of hydrogen-bond acceptors (Lipinski definition) is 3. The molecular weight excluding hydrogens is 268 g/mol. The highest BCUT2D eigenvalue weighted by atomic mass is 16.5. The normalized spacial score (nSPS) is 20.0. The SMILES string of the molecule is C[C@H](OCc1ccccc1)C(=O)N1CCC[C@@H](C(N)=O)C1. The minimum Gasteiger partial charge on any atom is -0.369 e. The van der Waals surface area contributed by atoms with E-state index in [2.05, 4.69) is 0 Å². The smallest absolute Gasteiger partial charge is 0.251 e. The molecule has 5 heteroatoms. The van der Waals surface area contributed by atoms with E-state index in [4.69, 9.17) is 10.5 Å². The summed E-state index contributed by atoms with van der Waals surface area (Å²) in [6.07, 6.45) is 1.06. The monoisotopic (exact) mass is 290 g/mol. The number of amides is 2. The third-order valence-electron chi connectivity index (χ3n) is 3.83. The Morgan fingerprint density at radius 2 is 2.10 bits per heavy atom. The number of rotatable bonds is 5. The number of piperidine rings is 1. The topological polar surface area (TPSA) is 72.6 Å². The summed E-state index contributed by atoms with van der Waals surface area (Å²) in [4.78, 5) is 25.3. The molecule has 1 aliphatic rings. The fraction of sp³-hybridized carbons (Fsp3) is 0.500. The second-order valence-corrected chi connectivity index (χ2v) is 5.46. The van der Waals surface area contributed by atoms with Crippen molar-refractivity contribution in [2.24, 2.45) is 11.7 Å². The molecular formula is C16H22N2O3. The molecule has 0 radical (unpaired) electrons. The predicted octanol–water partition coefficient (Wildman–Crippen LogP) is 1.32. The number of nitrogens with two attached hydrogens (primary N) is 1. The van der Waals surface area contributed by atoms with Crippen LogP contribution in [0.5, 0.6) is 0 Å². The first kappa shape index (κ1) is 15.5. The Balaban J connectivity index is 1.85. The van der Waals surface area contributed by atoms with Crippen LogP contribution in [0.3, 0.4) is 0 Å². The van der Waals surface area contributed by atoms with Crippen LogP contribution in [0.15, 0.2) is 30.3 Å². The van der Waals surface area contributed by atoms with Crippen LogP contribution in [0.25, 0.3) is 0 Å². The van der Waals surface area contributed by atoms with Crippen LogP contribution in [-0.4, -0.2) is 35.9 Å². The van der Waals surface area contributed by atoms with Crippen LogP contribution in [0, 0.1) is 5.92 Å². The Morgan fingerprint density at radius 1 is 1.38 bits per heavy atom.